The molecule has 0 atom stereocenters. The number of halogens is 1. The maximum Gasteiger partial charge on any atom is 0.203 e. The van der Waals surface area contributed by atoms with Gasteiger partial charge in [-0.1, -0.05) is 11.6 Å². The van der Waals surface area contributed by atoms with Crippen molar-refractivity contribution in [2.45, 2.75) is 6.54 Å². The monoisotopic (exact) mass is 443 g/mol. The van der Waals surface area contributed by atoms with Gasteiger partial charge in [0.05, 0.1) is 38.2 Å². The fraction of sp³-hybridized carbons (Fsp3) is 0.364. The van der Waals surface area contributed by atoms with Crippen LogP contribution >= 0.6 is 11.6 Å². The third-order valence-electron chi connectivity index (χ3n) is 5.47. The lowest BCUT2D eigenvalue weighted by atomic mass is 10.1. The molecule has 8 nitrogen and oxygen atoms in total. The van der Waals surface area contributed by atoms with Gasteiger partial charge in [-0.05, 0) is 24.3 Å². The molecule has 4 rings (SSSR count). The van der Waals surface area contributed by atoms with Gasteiger partial charge >= 0.3 is 0 Å². The highest BCUT2D eigenvalue weighted by Crippen LogP contribution is 2.41. The zero-order valence-corrected chi connectivity index (χ0v) is 18.6. The largest absolute Gasteiger partial charge is 0.493 e. The van der Waals surface area contributed by atoms with Crippen LogP contribution in [0.3, 0.4) is 0 Å². The zero-order valence-electron chi connectivity index (χ0n) is 17.9. The fourth-order valence-electron chi connectivity index (χ4n) is 3.84. The van der Waals surface area contributed by atoms with E-state index < -0.39 is 0 Å². The summed E-state index contributed by atoms with van der Waals surface area (Å²) in [5.41, 5.74) is 3.00. The average Bonchev–Trinajstić information content (AvgIpc) is 3.27. The van der Waals surface area contributed by atoms with E-state index in [0.717, 1.165) is 55.4 Å². The van der Waals surface area contributed by atoms with Crippen LogP contribution in [0.25, 0.3) is 11.3 Å². The summed E-state index contributed by atoms with van der Waals surface area (Å²) in [6.07, 6.45) is 3.57. The van der Waals surface area contributed by atoms with Gasteiger partial charge in [0.1, 0.15) is 5.82 Å². The van der Waals surface area contributed by atoms with Crippen molar-refractivity contribution in [1.82, 2.24) is 20.1 Å². The predicted molar refractivity (Wildman–Crippen MR) is 120 cm³/mol. The summed E-state index contributed by atoms with van der Waals surface area (Å²) in [6.45, 7) is 4.48. The first-order valence-corrected chi connectivity index (χ1v) is 10.4. The van der Waals surface area contributed by atoms with Gasteiger partial charge in [0.15, 0.2) is 11.5 Å². The standard InChI is InChI=1S/C22H26ClN5O3/c1-29-18-10-15(11-19(30-2)22(18)31-3)21-16(12-25-26-21)14-27-6-8-28(9-7-27)20-5-4-17(23)13-24-20/h4-5,10-13H,6-9,14H2,1-3H3,(H,25,26). The molecule has 31 heavy (non-hydrogen) atoms. The number of methoxy groups -OCH3 is 3. The van der Waals surface area contributed by atoms with Gasteiger partial charge in [-0.15, -0.1) is 0 Å². The Morgan fingerprint density at radius 2 is 1.68 bits per heavy atom. The van der Waals surface area contributed by atoms with E-state index in [9.17, 15) is 0 Å². The Balaban J connectivity index is 1.48. The summed E-state index contributed by atoms with van der Waals surface area (Å²) in [7, 11) is 4.83. The predicted octanol–water partition coefficient (Wildman–Crippen LogP) is 3.47. The molecular weight excluding hydrogens is 418 g/mol. The number of aromatic amines is 1. The molecule has 164 valence electrons. The van der Waals surface area contributed by atoms with Crippen LogP contribution in [0.2, 0.25) is 5.02 Å². The number of anilines is 1. The number of aromatic nitrogens is 3. The van der Waals surface area contributed by atoms with E-state index in [0.29, 0.717) is 22.3 Å². The van der Waals surface area contributed by atoms with Gasteiger partial charge in [-0.3, -0.25) is 10.00 Å². The molecule has 0 radical (unpaired) electrons. The molecule has 1 aromatic carbocycles. The number of rotatable bonds is 7. The highest BCUT2D eigenvalue weighted by molar-refractivity contribution is 6.30. The van der Waals surface area contributed by atoms with Gasteiger partial charge in [-0.2, -0.15) is 5.10 Å². The Bertz CT molecular complexity index is 991. The minimum Gasteiger partial charge on any atom is -0.493 e. The SMILES string of the molecule is COc1cc(-c2[nH]ncc2CN2CCN(c3ccc(Cl)cn3)CC2)cc(OC)c1OC. The van der Waals surface area contributed by atoms with E-state index >= 15 is 0 Å². The summed E-state index contributed by atoms with van der Waals surface area (Å²) < 4.78 is 16.4. The number of benzene rings is 1. The second-order valence-corrected chi connectivity index (χ2v) is 7.72. The van der Waals surface area contributed by atoms with Crippen LogP contribution in [0.1, 0.15) is 5.56 Å². The molecule has 0 amide bonds. The lowest BCUT2D eigenvalue weighted by molar-refractivity contribution is 0.249. The van der Waals surface area contributed by atoms with Crippen molar-refractivity contribution in [3.05, 3.63) is 47.2 Å². The Labute approximate surface area is 186 Å². The highest BCUT2D eigenvalue weighted by Gasteiger charge is 2.21. The van der Waals surface area contributed by atoms with Crippen molar-refractivity contribution in [2.24, 2.45) is 0 Å². The third kappa shape index (κ3) is 4.55. The summed E-state index contributed by atoms with van der Waals surface area (Å²) in [5.74, 6) is 2.76. The zero-order chi connectivity index (χ0) is 21.8. The second-order valence-electron chi connectivity index (χ2n) is 7.28. The van der Waals surface area contributed by atoms with E-state index in [2.05, 4.69) is 25.0 Å². The van der Waals surface area contributed by atoms with Gasteiger partial charge in [0.2, 0.25) is 5.75 Å². The number of hydrogen-bond donors (Lipinski definition) is 1. The molecule has 0 spiro atoms. The van der Waals surface area contributed by atoms with E-state index in [4.69, 9.17) is 25.8 Å². The Kier molecular flexibility index (Phi) is 6.48. The molecule has 1 N–H and O–H groups in total. The highest BCUT2D eigenvalue weighted by atomic mass is 35.5. The van der Waals surface area contributed by atoms with Crippen molar-refractivity contribution in [2.75, 3.05) is 52.4 Å². The molecule has 1 fully saturated rings. The van der Waals surface area contributed by atoms with Crippen LogP contribution in [0.4, 0.5) is 5.82 Å². The van der Waals surface area contributed by atoms with E-state index in [1.54, 1.807) is 27.5 Å². The molecule has 1 aliphatic rings. The van der Waals surface area contributed by atoms with Crippen molar-refractivity contribution in [3.63, 3.8) is 0 Å². The molecule has 2 aromatic heterocycles. The quantitative estimate of drug-likeness (QED) is 0.599. The van der Waals surface area contributed by atoms with Gasteiger partial charge in [-0.25, -0.2) is 4.98 Å². The van der Waals surface area contributed by atoms with Crippen LogP contribution in [-0.2, 0) is 6.54 Å². The molecule has 0 aliphatic carbocycles. The molecule has 3 heterocycles. The normalized spacial score (nSPS) is 14.5. The van der Waals surface area contributed by atoms with Crippen molar-refractivity contribution >= 4 is 17.4 Å². The lowest BCUT2D eigenvalue weighted by Gasteiger charge is -2.35. The maximum atomic E-state index is 5.95. The number of nitrogens with zero attached hydrogens (tertiary/aromatic N) is 4. The first-order chi connectivity index (χ1) is 15.1. The van der Waals surface area contributed by atoms with Crippen LogP contribution in [-0.4, -0.2) is 67.6 Å². The fourth-order valence-corrected chi connectivity index (χ4v) is 3.95. The van der Waals surface area contributed by atoms with Gasteiger partial charge in [0.25, 0.3) is 0 Å². The number of ether oxygens (including phenoxy) is 3. The van der Waals surface area contributed by atoms with Gasteiger partial charge in [0, 0.05) is 50.0 Å². The van der Waals surface area contributed by atoms with E-state index in [-0.39, 0.29) is 0 Å². The molecule has 0 saturated carbocycles. The molecule has 3 aromatic rings. The molecule has 0 bridgehead atoms. The number of pyridine rings is 1. The smallest absolute Gasteiger partial charge is 0.203 e. The maximum absolute atomic E-state index is 5.95. The summed E-state index contributed by atoms with van der Waals surface area (Å²) in [6, 6.07) is 7.72. The molecule has 0 unspecified atom stereocenters. The van der Waals surface area contributed by atoms with Gasteiger partial charge < -0.3 is 19.1 Å². The molecule has 1 aliphatic heterocycles. The average molecular weight is 444 g/mol. The van der Waals surface area contributed by atoms with Crippen LogP contribution < -0.4 is 19.1 Å². The van der Waals surface area contributed by atoms with Crippen molar-refractivity contribution in [3.8, 4) is 28.5 Å². The first kappa shape index (κ1) is 21.3. The van der Waals surface area contributed by atoms with E-state index in [1.807, 2.05) is 30.5 Å². The summed E-state index contributed by atoms with van der Waals surface area (Å²) in [5, 5.41) is 8.08. The third-order valence-corrected chi connectivity index (χ3v) is 5.70. The molecular formula is C22H26ClN5O3. The summed E-state index contributed by atoms with van der Waals surface area (Å²) in [4.78, 5) is 9.13. The van der Waals surface area contributed by atoms with Crippen LogP contribution in [0.15, 0.2) is 36.7 Å². The first-order valence-electron chi connectivity index (χ1n) is 10.0. The van der Waals surface area contributed by atoms with Crippen LogP contribution in [0.5, 0.6) is 17.2 Å². The number of H-pyrrole nitrogens is 1. The van der Waals surface area contributed by atoms with Crippen molar-refractivity contribution in [1.29, 1.82) is 0 Å². The number of nitrogens with one attached hydrogen (secondary N) is 1. The Morgan fingerprint density at radius 1 is 0.968 bits per heavy atom. The second kappa shape index (κ2) is 9.45. The minimum absolute atomic E-state index is 0.571. The van der Waals surface area contributed by atoms with Crippen LogP contribution in [0, 0.1) is 0 Å². The Hall–Kier alpha value is -2.97. The molecule has 9 heteroatoms. The lowest BCUT2D eigenvalue weighted by Crippen LogP contribution is -2.46. The van der Waals surface area contributed by atoms with Crippen molar-refractivity contribution < 1.29 is 14.2 Å². The topological polar surface area (TPSA) is 75.7 Å². The number of piperazine rings is 1. The minimum atomic E-state index is 0.571. The number of hydrogen-bond acceptors (Lipinski definition) is 7. The Morgan fingerprint density at radius 3 is 2.26 bits per heavy atom. The summed E-state index contributed by atoms with van der Waals surface area (Å²) >= 11 is 5.95. The van der Waals surface area contributed by atoms with E-state index in [1.165, 1.54) is 0 Å². The molecule has 1 saturated heterocycles.